The van der Waals surface area contributed by atoms with Gasteiger partial charge in [-0.05, 0) is 6.92 Å². The smallest absolute Gasteiger partial charge is 0.278 e. The topological polar surface area (TPSA) is 66.5 Å². The lowest BCUT2D eigenvalue weighted by atomic mass is 10.1. The van der Waals surface area contributed by atoms with Crippen molar-refractivity contribution < 1.29 is 14.4 Å². The minimum atomic E-state index is -0.619. The summed E-state index contributed by atoms with van der Waals surface area (Å²) in [6.07, 6.45) is 0.186. The molecule has 0 spiro atoms. The number of nitrogens with one attached hydrogen (secondary N) is 1. The quantitative estimate of drug-likeness (QED) is 0.550. The Morgan fingerprint density at radius 3 is 2.58 bits per heavy atom. The fraction of sp³-hybridized carbons (Fsp3) is 0.571. The molecule has 0 radical (unpaired) electrons. The van der Waals surface area contributed by atoms with Crippen LogP contribution >= 0.6 is 0 Å². The van der Waals surface area contributed by atoms with Crippen molar-refractivity contribution in [2.75, 3.05) is 0 Å². The maximum Gasteiger partial charge on any atom is 0.330 e. The second-order valence-corrected chi connectivity index (χ2v) is 2.80. The van der Waals surface area contributed by atoms with E-state index in [9.17, 15) is 14.4 Å². The summed E-state index contributed by atoms with van der Waals surface area (Å²) in [6.45, 7) is 2.96. The van der Waals surface area contributed by atoms with E-state index < -0.39 is 6.03 Å². The Morgan fingerprint density at radius 2 is 2.17 bits per heavy atom. The lowest BCUT2D eigenvalue weighted by Gasteiger charge is -2.29. The van der Waals surface area contributed by atoms with Crippen molar-refractivity contribution in [3.63, 3.8) is 0 Å². The van der Waals surface area contributed by atoms with E-state index in [1.807, 2.05) is 0 Å². The van der Waals surface area contributed by atoms with E-state index in [1.54, 1.807) is 6.92 Å². The molecule has 1 N–H and O–H groups in total. The molecule has 1 aliphatic rings. The number of rotatable bonds is 0. The largest absolute Gasteiger partial charge is 0.330 e. The molecule has 4 amide bonds. The number of hydrogen-bond donors (Lipinski definition) is 1. The summed E-state index contributed by atoms with van der Waals surface area (Å²) in [5, 5.41) is 2.07. The van der Waals surface area contributed by atoms with Crippen molar-refractivity contribution >= 4 is 17.8 Å². The summed E-state index contributed by atoms with van der Waals surface area (Å²) in [6, 6.07) is -0.949. The number of carbonyl (C=O) groups excluding carboxylic acids is 3. The molecule has 66 valence electrons. The number of nitrogens with zero attached hydrogens (tertiary/aromatic N) is 1. The fourth-order valence-electron chi connectivity index (χ4n) is 1.24. The van der Waals surface area contributed by atoms with Crippen LogP contribution in [0.25, 0.3) is 0 Å². The number of urea groups is 1. The highest BCUT2D eigenvalue weighted by atomic mass is 16.2. The highest BCUT2D eigenvalue weighted by Crippen LogP contribution is 2.09. The number of hydrogen-bond acceptors (Lipinski definition) is 3. The Labute approximate surface area is 69.7 Å². The highest BCUT2D eigenvalue weighted by molar-refractivity contribution is 6.04. The van der Waals surface area contributed by atoms with Crippen LogP contribution in [0.15, 0.2) is 0 Å². The zero-order chi connectivity index (χ0) is 9.30. The molecule has 12 heavy (non-hydrogen) atoms. The Hall–Kier alpha value is -1.39. The Bertz CT molecular complexity index is 249. The molecule has 1 saturated heterocycles. The predicted octanol–water partition coefficient (Wildman–Crippen LogP) is -0.137. The van der Waals surface area contributed by atoms with Crippen molar-refractivity contribution in [3.05, 3.63) is 0 Å². The van der Waals surface area contributed by atoms with Crippen molar-refractivity contribution in [2.24, 2.45) is 0 Å². The normalized spacial score (nSPS) is 23.8. The minimum absolute atomic E-state index is 0.186. The highest BCUT2D eigenvalue weighted by Gasteiger charge is 2.31. The minimum Gasteiger partial charge on any atom is -0.278 e. The van der Waals surface area contributed by atoms with Gasteiger partial charge in [-0.3, -0.25) is 19.8 Å². The SMILES string of the molecule is CC(=O)N1C(=O)NC(=O)CC1C. The molecule has 5 heteroatoms. The molecule has 1 heterocycles. The van der Waals surface area contributed by atoms with Gasteiger partial charge in [-0.15, -0.1) is 0 Å². The summed E-state index contributed by atoms with van der Waals surface area (Å²) in [4.78, 5) is 33.7. The van der Waals surface area contributed by atoms with Gasteiger partial charge in [-0.2, -0.15) is 0 Å². The predicted molar refractivity (Wildman–Crippen MR) is 40.1 cm³/mol. The van der Waals surface area contributed by atoms with E-state index >= 15 is 0 Å². The van der Waals surface area contributed by atoms with E-state index in [0.717, 1.165) is 4.90 Å². The van der Waals surface area contributed by atoms with Gasteiger partial charge in [-0.1, -0.05) is 0 Å². The summed E-state index contributed by atoms with van der Waals surface area (Å²) in [7, 11) is 0. The average molecular weight is 170 g/mol. The zero-order valence-electron chi connectivity index (χ0n) is 6.96. The molecule has 0 aliphatic carbocycles. The van der Waals surface area contributed by atoms with Gasteiger partial charge in [-0.25, -0.2) is 4.79 Å². The molecular formula is C7H10N2O3. The van der Waals surface area contributed by atoms with E-state index in [4.69, 9.17) is 0 Å². The Balaban J connectivity index is 2.80. The summed E-state index contributed by atoms with van der Waals surface area (Å²) >= 11 is 0. The molecule has 1 fully saturated rings. The van der Waals surface area contributed by atoms with Crippen LogP contribution in [0.3, 0.4) is 0 Å². The number of amides is 4. The van der Waals surface area contributed by atoms with Crippen LogP contribution in [0.1, 0.15) is 20.3 Å². The average Bonchev–Trinajstić information content (AvgIpc) is 1.82. The third-order valence-electron chi connectivity index (χ3n) is 1.73. The van der Waals surface area contributed by atoms with Gasteiger partial charge in [0.1, 0.15) is 0 Å². The van der Waals surface area contributed by atoms with Gasteiger partial charge < -0.3 is 0 Å². The van der Waals surface area contributed by atoms with Crippen molar-refractivity contribution in [2.45, 2.75) is 26.3 Å². The molecular weight excluding hydrogens is 160 g/mol. The molecule has 0 aromatic rings. The van der Waals surface area contributed by atoms with E-state index in [2.05, 4.69) is 5.32 Å². The van der Waals surface area contributed by atoms with Crippen LogP contribution in [-0.4, -0.2) is 28.8 Å². The van der Waals surface area contributed by atoms with Crippen LogP contribution in [0.2, 0.25) is 0 Å². The van der Waals surface area contributed by atoms with Crippen molar-refractivity contribution in [3.8, 4) is 0 Å². The van der Waals surface area contributed by atoms with Crippen LogP contribution in [0.4, 0.5) is 4.79 Å². The van der Waals surface area contributed by atoms with Gasteiger partial charge >= 0.3 is 6.03 Å². The van der Waals surface area contributed by atoms with Gasteiger partial charge in [0, 0.05) is 19.4 Å². The molecule has 0 saturated carbocycles. The first-order valence-electron chi connectivity index (χ1n) is 3.66. The summed E-state index contributed by atoms with van der Waals surface area (Å²) in [5.74, 6) is -0.669. The Kier molecular flexibility index (Phi) is 2.12. The summed E-state index contributed by atoms with van der Waals surface area (Å²) < 4.78 is 0. The maximum absolute atomic E-state index is 11.0. The van der Waals surface area contributed by atoms with Crippen molar-refractivity contribution in [1.82, 2.24) is 10.2 Å². The molecule has 5 nitrogen and oxygen atoms in total. The van der Waals surface area contributed by atoms with Gasteiger partial charge in [0.2, 0.25) is 11.8 Å². The second kappa shape index (κ2) is 2.92. The van der Waals surface area contributed by atoms with Crippen LogP contribution in [0.5, 0.6) is 0 Å². The first-order valence-corrected chi connectivity index (χ1v) is 3.66. The molecule has 0 bridgehead atoms. The van der Waals surface area contributed by atoms with Gasteiger partial charge in [0.15, 0.2) is 0 Å². The lowest BCUT2D eigenvalue weighted by molar-refractivity contribution is -0.131. The first-order chi connectivity index (χ1) is 5.52. The fourth-order valence-corrected chi connectivity index (χ4v) is 1.24. The van der Waals surface area contributed by atoms with Crippen LogP contribution in [-0.2, 0) is 9.59 Å². The standard InChI is InChI=1S/C7H10N2O3/c1-4-3-6(11)8-7(12)9(4)5(2)10/h4H,3H2,1-2H3,(H,8,11,12). The van der Waals surface area contributed by atoms with Crippen LogP contribution < -0.4 is 5.32 Å². The molecule has 0 aromatic carbocycles. The molecule has 1 unspecified atom stereocenters. The van der Waals surface area contributed by atoms with E-state index in [0.29, 0.717) is 0 Å². The molecule has 1 atom stereocenters. The molecule has 1 rings (SSSR count). The van der Waals surface area contributed by atoms with E-state index in [1.165, 1.54) is 6.92 Å². The molecule has 0 aromatic heterocycles. The van der Waals surface area contributed by atoms with Gasteiger partial charge in [0.05, 0.1) is 0 Å². The Morgan fingerprint density at radius 1 is 1.58 bits per heavy atom. The summed E-state index contributed by atoms with van der Waals surface area (Å²) in [5.41, 5.74) is 0. The monoisotopic (exact) mass is 170 g/mol. The third kappa shape index (κ3) is 1.44. The lowest BCUT2D eigenvalue weighted by Crippen LogP contribution is -2.55. The zero-order valence-corrected chi connectivity index (χ0v) is 6.96. The first kappa shape index (κ1) is 8.70. The maximum atomic E-state index is 11.0. The third-order valence-corrected chi connectivity index (χ3v) is 1.73. The van der Waals surface area contributed by atoms with E-state index in [-0.39, 0.29) is 24.3 Å². The molecule has 1 aliphatic heterocycles. The van der Waals surface area contributed by atoms with Crippen LogP contribution in [0, 0.1) is 0 Å². The number of carbonyl (C=O) groups is 3. The number of imide groups is 2. The van der Waals surface area contributed by atoms with Crippen molar-refractivity contribution in [1.29, 1.82) is 0 Å². The second-order valence-electron chi connectivity index (χ2n) is 2.80. The van der Waals surface area contributed by atoms with Gasteiger partial charge in [0.25, 0.3) is 0 Å².